The number of benzene rings is 1. The Morgan fingerprint density at radius 3 is 2.76 bits per heavy atom. The lowest BCUT2D eigenvalue weighted by Gasteiger charge is -2.06. The summed E-state index contributed by atoms with van der Waals surface area (Å²) in [4.78, 5) is 16.8. The summed E-state index contributed by atoms with van der Waals surface area (Å²) in [5.41, 5.74) is 2.29. The second-order valence-corrected chi connectivity index (χ2v) is 7.53. The fourth-order valence-electron chi connectivity index (χ4n) is 2.68. The predicted molar refractivity (Wildman–Crippen MR) is 109 cm³/mol. The average molecular weight is 418 g/mol. The molecular weight excluding hydrogens is 395 g/mol. The number of carbonyl (C=O) groups is 1. The Hall–Kier alpha value is -2.62. The molecule has 0 fully saturated rings. The molecule has 3 rings (SSSR count). The van der Waals surface area contributed by atoms with Crippen molar-refractivity contribution in [2.75, 3.05) is 20.3 Å². The van der Waals surface area contributed by atoms with Gasteiger partial charge >= 0.3 is 0 Å². The SMILES string of the molecule is COCCNCc1onc(-c2ccc(F)cc2)c1-c1nc(C(=O)NC(C)C)cs1. The van der Waals surface area contributed by atoms with Crippen molar-refractivity contribution in [3.63, 3.8) is 0 Å². The molecule has 0 saturated carbocycles. The highest BCUT2D eigenvalue weighted by molar-refractivity contribution is 7.13. The molecule has 0 bridgehead atoms. The quantitative estimate of drug-likeness (QED) is 0.517. The zero-order chi connectivity index (χ0) is 20.8. The number of thiazole rings is 1. The van der Waals surface area contributed by atoms with Crippen LogP contribution in [0, 0.1) is 5.82 Å². The van der Waals surface area contributed by atoms with Gasteiger partial charge in [-0.25, -0.2) is 9.37 Å². The van der Waals surface area contributed by atoms with Crippen LogP contribution in [0.3, 0.4) is 0 Å². The molecule has 0 radical (unpaired) electrons. The van der Waals surface area contributed by atoms with Gasteiger partial charge in [-0.05, 0) is 38.1 Å². The average Bonchev–Trinajstić information content (AvgIpc) is 3.32. The molecule has 2 aromatic heterocycles. The van der Waals surface area contributed by atoms with E-state index in [-0.39, 0.29) is 17.8 Å². The van der Waals surface area contributed by atoms with Crippen LogP contribution in [0.15, 0.2) is 34.2 Å². The fraction of sp³-hybridized carbons (Fsp3) is 0.350. The van der Waals surface area contributed by atoms with Crippen molar-refractivity contribution in [1.29, 1.82) is 0 Å². The van der Waals surface area contributed by atoms with Crippen LogP contribution >= 0.6 is 11.3 Å². The van der Waals surface area contributed by atoms with E-state index in [1.807, 2.05) is 13.8 Å². The van der Waals surface area contributed by atoms with Gasteiger partial charge in [0.2, 0.25) is 0 Å². The zero-order valence-corrected chi connectivity index (χ0v) is 17.3. The first kappa shape index (κ1) is 21.1. The smallest absolute Gasteiger partial charge is 0.270 e. The summed E-state index contributed by atoms with van der Waals surface area (Å²) >= 11 is 1.33. The molecule has 1 aromatic carbocycles. The van der Waals surface area contributed by atoms with Crippen LogP contribution in [0.5, 0.6) is 0 Å². The molecule has 29 heavy (non-hydrogen) atoms. The van der Waals surface area contributed by atoms with E-state index < -0.39 is 0 Å². The summed E-state index contributed by atoms with van der Waals surface area (Å²) in [6.45, 7) is 5.40. The molecule has 2 heterocycles. The molecule has 0 aliphatic carbocycles. The van der Waals surface area contributed by atoms with Crippen molar-refractivity contribution < 1.29 is 18.4 Å². The number of hydrogen-bond donors (Lipinski definition) is 2. The number of aromatic nitrogens is 2. The third kappa shape index (κ3) is 5.26. The van der Waals surface area contributed by atoms with Crippen molar-refractivity contribution in [3.05, 3.63) is 46.9 Å². The van der Waals surface area contributed by atoms with Gasteiger partial charge in [0, 0.05) is 30.6 Å². The number of nitrogens with one attached hydrogen (secondary N) is 2. The first-order chi connectivity index (χ1) is 14.0. The van der Waals surface area contributed by atoms with E-state index in [9.17, 15) is 9.18 Å². The van der Waals surface area contributed by atoms with Gasteiger partial charge in [0.15, 0.2) is 5.76 Å². The normalized spacial score (nSPS) is 11.2. The Bertz CT molecular complexity index is 953. The van der Waals surface area contributed by atoms with Gasteiger partial charge in [-0.2, -0.15) is 0 Å². The van der Waals surface area contributed by atoms with Crippen molar-refractivity contribution in [1.82, 2.24) is 20.8 Å². The second-order valence-electron chi connectivity index (χ2n) is 6.67. The van der Waals surface area contributed by atoms with E-state index in [0.29, 0.717) is 53.0 Å². The number of amides is 1. The Labute approximate surface area is 172 Å². The number of rotatable bonds is 9. The molecule has 0 spiro atoms. The topological polar surface area (TPSA) is 89.3 Å². The fourth-order valence-corrected chi connectivity index (χ4v) is 3.54. The van der Waals surface area contributed by atoms with Gasteiger partial charge in [-0.3, -0.25) is 4.79 Å². The molecule has 7 nitrogen and oxygen atoms in total. The van der Waals surface area contributed by atoms with Crippen molar-refractivity contribution in [2.45, 2.75) is 26.4 Å². The van der Waals surface area contributed by atoms with Crippen LogP contribution in [-0.2, 0) is 11.3 Å². The lowest BCUT2D eigenvalue weighted by Crippen LogP contribution is -2.30. The molecular formula is C20H23FN4O3S. The van der Waals surface area contributed by atoms with Crippen molar-refractivity contribution >= 4 is 17.2 Å². The van der Waals surface area contributed by atoms with Gasteiger partial charge in [-0.1, -0.05) is 5.16 Å². The maximum Gasteiger partial charge on any atom is 0.270 e. The van der Waals surface area contributed by atoms with Gasteiger partial charge in [0.25, 0.3) is 5.91 Å². The van der Waals surface area contributed by atoms with Crippen LogP contribution in [0.2, 0.25) is 0 Å². The van der Waals surface area contributed by atoms with E-state index in [1.165, 1.54) is 23.5 Å². The summed E-state index contributed by atoms with van der Waals surface area (Å²) < 4.78 is 24.0. The summed E-state index contributed by atoms with van der Waals surface area (Å²) in [5, 5.41) is 12.6. The van der Waals surface area contributed by atoms with Crippen molar-refractivity contribution in [2.24, 2.45) is 0 Å². The maximum absolute atomic E-state index is 13.3. The summed E-state index contributed by atoms with van der Waals surface area (Å²) in [7, 11) is 1.63. The van der Waals surface area contributed by atoms with Gasteiger partial charge in [0.05, 0.1) is 18.7 Å². The number of halogens is 1. The minimum Gasteiger partial charge on any atom is -0.383 e. The van der Waals surface area contributed by atoms with E-state index in [4.69, 9.17) is 9.26 Å². The van der Waals surface area contributed by atoms with Gasteiger partial charge < -0.3 is 19.9 Å². The van der Waals surface area contributed by atoms with E-state index in [2.05, 4.69) is 20.8 Å². The standard InChI is InChI=1S/C20H23FN4O3S/c1-12(2)23-19(26)15-11-29-20(24-15)17-16(10-22-8-9-27-3)28-25-18(17)13-4-6-14(21)7-5-13/h4-7,11-12,22H,8-10H2,1-3H3,(H,23,26). The molecule has 3 aromatic rings. The van der Waals surface area contributed by atoms with E-state index in [1.54, 1.807) is 24.6 Å². The van der Waals surface area contributed by atoms with E-state index in [0.717, 1.165) is 0 Å². The number of methoxy groups -OCH3 is 1. The maximum atomic E-state index is 13.3. The molecule has 0 aliphatic rings. The highest BCUT2D eigenvalue weighted by Gasteiger charge is 2.23. The largest absolute Gasteiger partial charge is 0.383 e. The first-order valence-electron chi connectivity index (χ1n) is 9.20. The number of carbonyl (C=O) groups excluding carboxylic acids is 1. The minimum atomic E-state index is -0.331. The summed E-state index contributed by atoms with van der Waals surface area (Å²) in [5.74, 6) is 0.0230. The monoisotopic (exact) mass is 418 g/mol. The summed E-state index contributed by atoms with van der Waals surface area (Å²) in [6, 6.07) is 6.03. The lowest BCUT2D eigenvalue weighted by atomic mass is 10.1. The molecule has 9 heteroatoms. The molecule has 0 saturated heterocycles. The third-order valence-corrected chi connectivity index (χ3v) is 4.88. The number of ether oxygens (including phenoxy) is 1. The lowest BCUT2D eigenvalue weighted by molar-refractivity contribution is 0.0939. The van der Waals surface area contributed by atoms with Crippen LogP contribution in [0.4, 0.5) is 4.39 Å². The Kier molecular flexibility index (Phi) is 7.08. The molecule has 154 valence electrons. The number of nitrogens with zero attached hydrogens (tertiary/aromatic N) is 2. The highest BCUT2D eigenvalue weighted by atomic mass is 32.1. The molecule has 0 atom stereocenters. The predicted octanol–water partition coefficient (Wildman–Crippen LogP) is 3.48. The zero-order valence-electron chi connectivity index (χ0n) is 16.5. The van der Waals surface area contributed by atoms with E-state index >= 15 is 0 Å². The molecule has 2 N–H and O–H groups in total. The molecule has 0 aliphatic heterocycles. The molecule has 1 amide bonds. The van der Waals surface area contributed by atoms with Crippen LogP contribution in [0.25, 0.3) is 21.8 Å². The van der Waals surface area contributed by atoms with Gasteiger partial charge in [-0.15, -0.1) is 11.3 Å². The Morgan fingerprint density at radius 1 is 1.31 bits per heavy atom. The second kappa shape index (κ2) is 9.73. The summed E-state index contributed by atoms with van der Waals surface area (Å²) in [6.07, 6.45) is 0. The number of hydrogen-bond acceptors (Lipinski definition) is 7. The Morgan fingerprint density at radius 2 is 2.07 bits per heavy atom. The third-order valence-electron chi connectivity index (χ3n) is 4.02. The minimum absolute atomic E-state index is 0.0126. The van der Waals surface area contributed by atoms with Gasteiger partial charge in [0.1, 0.15) is 22.2 Å². The van der Waals surface area contributed by atoms with Crippen molar-refractivity contribution in [3.8, 4) is 21.8 Å². The van der Waals surface area contributed by atoms with Crippen LogP contribution in [0.1, 0.15) is 30.1 Å². The molecule has 0 unspecified atom stereocenters. The Balaban J connectivity index is 1.95. The van der Waals surface area contributed by atoms with Crippen LogP contribution in [-0.4, -0.2) is 42.4 Å². The highest BCUT2D eigenvalue weighted by Crippen LogP contribution is 2.36. The first-order valence-corrected chi connectivity index (χ1v) is 10.1. The van der Waals surface area contributed by atoms with Crippen LogP contribution < -0.4 is 10.6 Å².